The van der Waals surface area contributed by atoms with E-state index in [1.54, 1.807) is 6.07 Å². The van der Waals surface area contributed by atoms with Crippen molar-refractivity contribution in [3.63, 3.8) is 0 Å². The molecule has 2 aliphatic rings. The van der Waals surface area contributed by atoms with E-state index in [4.69, 9.17) is 5.73 Å². The molecule has 2 saturated heterocycles. The van der Waals surface area contributed by atoms with Gasteiger partial charge in [0, 0.05) is 30.7 Å². The Bertz CT molecular complexity index is 417. The summed E-state index contributed by atoms with van der Waals surface area (Å²) >= 11 is 0. The lowest BCUT2D eigenvalue weighted by Crippen LogP contribution is -2.46. The third kappa shape index (κ3) is 2.22. The number of fused-ring (bicyclic) bond motifs is 2. The summed E-state index contributed by atoms with van der Waals surface area (Å²) in [6.07, 6.45) is 4.47. The lowest BCUT2D eigenvalue weighted by Gasteiger charge is -2.37. The van der Waals surface area contributed by atoms with Gasteiger partial charge in [-0.1, -0.05) is 0 Å². The number of nitrogens with two attached hydrogens (primary N) is 1. The minimum atomic E-state index is -0.369. The molecule has 2 fully saturated rings. The van der Waals surface area contributed by atoms with Crippen molar-refractivity contribution in [1.82, 2.24) is 4.90 Å². The molecule has 2 aliphatic heterocycles. The van der Waals surface area contributed by atoms with Gasteiger partial charge in [0.05, 0.1) is 0 Å². The number of halogens is 1. The molecule has 0 radical (unpaired) electrons. The molecule has 1 aromatic rings. The summed E-state index contributed by atoms with van der Waals surface area (Å²) in [7, 11) is 0. The van der Waals surface area contributed by atoms with Gasteiger partial charge in [0.2, 0.25) is 0 Å². The topological polar surface area (TPSA) is 49.5 Å². The van der Waals surface area contributed by atoms with Crippen LogP contribution in [0.25, 0.3) is 0 Å². The molecule has 2 atom stereocenters. The van der Waals surface area contributed by atoms with E-state index in [0.717, 1.165) is 24.5 Å². The second-order valence-electron chi connectivity index (χ2n) is 5.61. The van der Waals surface area contributed by atoms with E-state index in [2.05, 4.69) is 4.90 Å². The summed E-state index contributed by atoms with van der Waals surface area (Å²) in [5, 5.41) is 9.43. The van der Waals surface area contributed by atoms with Crippen molar-refractivity contribution in [2.75, 3.05) is 0 Å². The molecule has 3 rings (SSSR count). The van der Waals surface area contributed by atoms with Crippen LogP contribution in [0.3, 0.4) is 0 Å². The number of rotatable bonds is 2. The number of hydrogen-bond acceptors (Lipinski definition) is 3. The van der Waals surface area contributed by atoms with E-state index in [1.807, 2.05) is 0 Å². The molecule has 4 heteroatoms. The Morgan fingerprint density at radius 2 is 1.89 bits per heavy atom. The fourth-order valence-corrected chi connectivity index (χ4v) is 3.51. The molecule has 2 unspecified atom stereocenters. The molecule has 3 nitrogen and oxygen atoms in total. The molecule has 2 heterocycles. The highest BCUT2D eigenvalue weighted by molar-refractivity contribution is 5.28. The van der Waals surface area contributed by atoms with Crippen molar-refractivity contribution < 1.29 is 9.50 Å². The van der Waals surface area contributed by atoms with Gasteiger partial charge < -0.3 is 10.8 Å². The monoisotopic (exact) mass is 250 g/mol. The Morgan fingerprint density at radius 3 is 2.50 bits per heavy atom. The third-order valence-corrected chi connectivity index (χ3v) is 4.23. The molecular formula is C14H19FN2O. The van der Waals surface area contributed by atoms with E-state index in [9.17, 15) is 9.50 Å². The first-order chi connectivity index (χ1) is 8.61. The van der Waals surface area contributed by atoms with Gasteiger partial charge >= 0.3 is 0 Å². The molecule has 0 spiro atoms. The first kappa shape index (κ1) is 11.9. The van der Waals surface area contributed by atoms with Crippen LogP contribution in [-0.4, -0.2) is 28.1 Å². The first-order valence-corrected chi connectivity index (χ1v) is 6.61. The van der Waals surface area contributed by atoms with Crippen LogP contribution in [0.4, 0.5) is 4.39 Å². The molecule has 18 heavy (non-hydrogen) atoms. The number of benzene rings is 1. The SMILES string of the molecule is NC1CC2CCC(C1)N2Cc1cc(O)cc(F)c1. The molecule has 2 bridgehead atoms. The van der Waals surface area contributed by atoms with Crippen LogP contribution >= 0.6 is 0 Å². The summed E-state index contributed by atoms with van der Waals surface area (Å²) < 4.78 is 13.3. The first-order valence-electron chi connectivity index (χ1n) is 6.61. The van der Waals surface area contributed by atoms with Crippen molar-refractivity contribution in [1.29, 1.82) is 0 Å². The minimum absolute atomic E-state index is 0.00561. The van der Waals surface area contributed by atoms with Crippen molar-refractivity contribution in [3.05, 3.63) is 29.6 Å². The molecular weight excluding hydrogens is 231 g/mol. The van der Waals surface area contributed by atoms with Gasteiger partial charge in [-0.05, 0) is 43.4 Å². The maximum Gasteiger partial charge on any atom is 0.127 e. The van der Waals surface area contributed by atoms with Gasteiger partial charge in [-0.3, -0.25) is 4.90 Å². The quantitative estimate of drug-likeness (QED) is 0.844. The number of piperidine rings is 1. The van der Waals surface area contributed by atoms with E-state index in [1.165, 1.54) is 18.9 Å². The zero-order valence-corrected chi connectivity index (χ0v) is 10.3. The summed E-state index contributed by atoms with van der Waals surface area (Å²) in [6, 6.07) is 5.68. The van der Waals surface area contributed by atoms with Crippen LogP contribution in [0, 0.1) is 5.82 Å². The van der Waals surface area contributed by atoms with E-state index >= 15 is 0 Å². The fraction of sp³-hybridized carbons (Fsp3) is 0.571. The Morgan fingerprint density at radius 1 is 1.22 bits per heavy atom. The minimum Gasteiger partial charge on any atom is -0.508 e. The Hall–Kier alpha value is -1.13. The number of hydrogen-bond donors (Lipinski definition) is 2. The van der Waals surface area contributed by atoms with Crippen molar-refractivity contribution in [2.45, 2.75) is 50.4 Å². The van der Waals surface area contributed by atoms with Gasteiger partial charge in [-0.25, -0.2) is 4.39 Å². The van der Waals surface area contributed by atoms with Crippen LogP contribution in [0.5, 0.6) is 5.75 Å². The zero-order chi connectivity index (χ0) is 12.7. The smallest absolute Gasteiger partial charge is 0.127 e. The lowest BCUT2D eigenvalue weighted by atomic mass is 9.97. The molecule has 0 aliphatic carbocycles. The lowest BCUT2D eigenvalue weighted by molar-refractivity contribution is 0.119. The maximum absolute atomic E-state index is 13.3. The number of phenolic OH excluding ortho intramolecular Hbond substituents is 1. The predicted octanol–water partition coefficient (Wildman–Crippen LogP) is 1.99. The molecule has 98 valence electrons. The van der Waals surface area contributed by atoms with Crippen LogP contribution in [0.15, 0.2) is 18.2 Å². The molecule has 1 aromatic carbocycles. The Labute approximate surface area is 106 Å². The second-order valence-corrected chi connectivity index (χ2v) is 5.61. The summed E-state index contributed by atoms with van der Waals surface area (Å²) in [5.74, 6) is -0.364. The van der Waals surface area contributed by atoms with Crippen molar-refractivity contribution in [3.8, 4) is 5.75 Å². The normalized spacial score (nSPS) is 31.8. The van der Waals surface area contributed by atoms with E-state index < -0.39 is 0 Å². The maximum atomic E-state index is 13.3. The van der Waals surface area contributed by atoms with Crippen LogP contribution in [-0.2, 0) is 6.54 Å². The van der Waals surface area contributed by atoms with Crippen molar-refractivity contribution >= 4 is 0 Å². The van der Waals surface area contributed by atoms with E-state index in [-0.39, 0.29) is 11.6 Å². The van der Waals surface area contributed by atoms with Crippen molar-refractivity contribution in [2.24, 2.45) is 5.73 Å². The summed E-state index contributed by atoms with van der Waals surface area (Å²) in [5.41, 5.74) is 6.88. The summed E-state index contributed by atoms with van der Waals surface area (Å²) in [6.45, 7) is 0.716. The number of aromatic hydroxyl groups is 1. The third-order valence-electron chi connectivity index (χ3n) is 4.23. The number of nitrogens with zero attached hydrogens (tertiary/aromatic N) is 1. The summed E-state index contributed by atoms with van der Waals surface area (Å²) in [4.78, 5) is 2.43. The highest BCUT2D eigenvalue weighted by Gasteiger charge is 2.39. The second kappa shape index (κ2) is 4.52. The highest BCUT2D eigenvalue weighted by Crippen LogP contribution is 2.36. The zero-order valence-electron chi connectivity index (χ0n) is 10.3. The highest BCUT2D eigenvalue weighted by atomic mass is 19.1. The average molecular weight is 250 g/mol. The van der Waals surface area contributed by atoms with Gasteiger partial charge in [0.25, 0.3) is 0 Å². The molecule has 0 saturated carbocycles. The van der Waals surface area contributed by atoms with Gasteiger partial charge in [0.15, 0.2) is 0 Å². The van der Waals surface area contributed by atoms with Gasteiger partial charge in [-0.15, -0.1) is 0 Å². The van der Waals surface area contributed by atoms with E-state index in [0.29, 0.717) is 24.7 Å². The fourth-order valence-electron chi connectivity index (χ4n) is 3.51. The van der Waals surface area contributed by atoms with Gasteiger partial charge in [-0.2, -0.15) is 0 Å². The van der Waals surface area contributed by atoms with Crippen LogP contribution in [0.2, 0.25) is 0 Å². The van der Waals surface area contributed by atoms with Gasteiger partial charge in [0.1, 0.15) is 11.6 Å². The molecule has 0 amide bonds. The van der Waals surface area contributed by atoms with Crippen LogP contribution < -0.4 is 5.73 Å². The Balaban J connectivity index is 1.77. The molecule has 0 aromatic heterocycles. The number of phenols is 1. The average Bonchev–Trinajstić information content (AvgIpc) is 2.53. The molecule has 3 N–H and O–H groups in total. The predicted molar refractivity (Wildman–Crippen MR) is 67.6 cm³/mol. The van der Waals surface area contributed by atoms with Crippen LogP contribution in [0.1, 0.15) is 31.2 Å². The standard InChI is InChI=1S/C14H19FN2O/c15-10-3-9(4-14(18)5-10)8-17-12-1-2-13(17)7-11(16)6-12/h3-5,11-13,18H,1-2,6-8,16H2. The largest absolute Gasteiger partial charge is 0.508 e. The Kier molecular flexibility index (Phi) is 2.99.